The monoisotopic (exact) mass is 336 g/mol. The summed E-state index contributed by atoms with van der Waals surface area (Å²) in [6.07, 6.45) is 1.54. The molecule has 0 radical (unpaired) electrons. The first-order valence-corrected chi connectivity index (χ1v) is 6.67. The Morgan fingerprint density at radius 1 is 1.21 bits per heavy atom. The minimum Gasteiger partial charge on any atom is -0.267 e. The van der Waals surface area contributed by atoms with Crippen LogP contribution in [-0.4, -0.2) is 12.1 Å². The normalized spacial score (nSPS) is 10.6. The standard InChI is InChI=1S/C14H10BrClN2O/c15-12-6-4-11(5-7-12)14(19)18-17-9-10-2-1-3-13(16)8-10/h1-9H,(H,18,19). The molecule has 0 bridgehead atoms. The summed E-state index contributed by atoms with van der Waals surface area (Å²) in [6, 6.07) is 14.2. The first-order valence-electron chi connectivity index (χ1n) is 5.50. The lowest BCUT2D eigenvalue weighted by Crippen LogP contribution is -2.17. The molecule has 0 aliphatic carbocycles. The van der Waals surface area contributed by atoms with Gasteiger partial charge in [-0.05, 0) is 42.0 Å². The van der Waals surface area contributed by atoms with E-state index in [9.17, 15) is 4.79 Å². The number of nitrogens with one attached hydrogen (secondary N) is 1. The average Bonchev–Trinajstić information content (AvgIpc) is 2.39. The van der Waals surface area contributed by atoms with E-state index in [1.807, 2.05) is 12.1 Å². The van der Waals surface area contributed by atoms with Gasteiger partial charge in [0.2, 0.25) is 0 Å². The van der Waals surface area contributed by atoms with E-state index in [1.165, 1.54) is 0 Å². The van der Waals surface area contributed by atoms with E-state index in [-0.39, 0.29) is 5.91 Å². The predicted molar refractivity (Wildman–Crippen MR) is 80.7 cm³/mol. The summed E-state index contributed by atoms with van der Waals surface area (Å²) in [5.74, 6) is -0.259. The third kappa shape index (κ3) is 4.19. The second kappa shape index (κ2) is 6.50. The molecule has 2 rings (SSSR count). The maximum Gasteiger partial charge on any atom is 0.271 e. The average molecular weight is 338 g/mol. The zero-order chi connectivity index (χ0) is 13.7. The van der Waals surface area contributed by atoms with Crippen molar-refractivity contribution in [3.05, 3.63) is 69.2 Å². The lowest BCUT2D eigenvalue weighted by atomic mass is 10.2. The molecule has 1 N–H and O–H groups in total. The van der Waals surface area contributed by atoms with Gasteiger partial charge < -0.3 is 0 Å². The van der Waals surface area contributed by atoms with Crippen molar-refractivity contribution in [1.82, 2.24) is 5.43 Å². The Kier molecular flexibility index (Phi) is 4.71. The van der Waals surface area contributed by atoms with Crippen molar-refractivity contribution in [3.8, 4) is 0 Å². The molecule has 0 fully saturated rings. The summed E-state index contributed by atoms with van der Waals surface area (Å²) in [5.41, 5.74) is 3.83. The Labute approximate surface area is 124 Å². The van der Waals surface area contributed by atoms with Crippen LogP contribution in [0.1, 0.15) is 15.9 Å². The van der Waals surface area contributed by atoms with E-state index < -0.39 is 0 Å². The number of carbonyl (C=O) groups excluding carboxylic acids is 1. The van der Waals surface area contributed by atoms with Crippen molar-refractivity contribution < 1.29 is 4.79 Å². The molecule has 0 aromatic heterocycles. The van der Waals surface area contributed by atoms with E-state index >= 15 is 0 Å². The fourth-order valence-electron chi connectivity index (χ4n) is 1.42. The summed E-state index contributed by atoms with van der Waals surface area (Å²) < 4.78 is 0.923. The van der Waals surface area contributed by atoms with Crippen molar-refractivity contribution in [3.63, 3.8) is 0 Å². The van der Waals surface area contributed by atoms with Gasteiger partial charge in [0.25, 0.3) is 5.91 Å². The van der Waals surface area contributed by atoms with Gasteiger partial charge in [-0.15, -0.1) is 0 Å². The van der Waals surface area contributed by atoms with Crippen LogP contribution < -0.4 is 5.43 Å². The number of rotatable bonds is 3. The molecule has 0 aliphatic heterocycles. The number of hydrazone groups is 1. The van der Waals surface area contributed by atoms with E-state index in [1.54, 1.807) is 42.6 Å². The van der Waals surface area contributed by atoms with Gasteiger partial charge in [-0.25, -0.2) is 5.43 Å². The van der Waals surface area contributed by atoms with Crippen LogP contribution in [-0.2, 0) is 0 Å². The Morgan fingerprint density at radius 3 is 2.63 bits per heavy atom. The number of benzene rings is 2. The maximum atomic E-state index is 11.7. The zero-order valence-corrected chi connectivity index (χ0v) is 12.1. The number of hydrogen-bond donors (Lipinski definition) is 1. The summed E-state index contributed by atoms with van der Waals surface area (Å²) in [7, 11) is 0. The molecule has 0 aliphatic rings. The van der Waals surface area contributed by atoms with E-state index in [0.717, 1.165) is 10.0 Å². The van der Waals surface area contributed by atoms with Crippen molar-refractivity contribution in [2.24, 2.45) is 5.10 Å². The van der Waals surface area contributed by atoms with Crippen LogP contribution in [0.25, 0.3) is 0 Å². The maximum absolute atomic E-state index is 11.7. The van der Waals surface area contributed by atoms with Crippen molar-refractivity contribution in [2.75, 3.05) is 0 Å². The van der Waals surface area contributed by atoms with Crippen LogP contribution >= 0.6 is 27.5 Å². The Hall–Kier alpha value is -1.65. The molecule has 0 spiro atoms. The van der Waals surface area contributed by atoms with Gasteiger partial charge in [0.05, 0.1) is 6.21 Å². The largest absolute Gasteiger partial charge is 0.271 e. The van der Waals surface area contributed by atoms with E-state index in [4.69, 9.17) is 11.6 Å². The zero-order valence-electron chi connectivity index (χ0n) is 9.81. The number of amides is 1. The second-order valence-corrected chi connectivity index (χ2v) is 5.11. The fraction of sp³-hybridized carbons (Fsp3) is 0. The molecule has 0 atom stereocenters. The van der Waals surface area contributed by atoms with Crippen LogP contribution in [0.3, 0.4) is 0 Å². The Morgan fingerprint density at radius 2 is 1.95 bits per heavy atom. The van der Waals surface area contributed by atoms with Crippen LogP contribution in [0.5, 0.6) is 0 Å². The Balaban J connectivity index is 1.98. The minimum atomic E-state index is -0.259. The van der Waals surface area contributed by atoms with Crippen molar-refractivity contribution in [2.45, 2.75) is 0 Å². The molecule has 0 unspecified atom stereocenters. The number of carbonyl (C=O) groups is 1. The van der Waals surface area contributed by atoms with Crippen LogP contribution in [0.2, 0.25) is 5.02 Å². The first-order chi connectivity index (χ1) is 9.15. The summed E-state index contributed by atoms with van der Waals surface area (Å²) in [4.78, 5) is 11.7. The predicted octanol–water partition coefficient (Wildman–Crippen LogP) is 3.87. The highest BCUT2D eigenvalue weighted by Gasteiger charge is 2.02. The molecule has 1 amide bonds. The molecule has 5 heteroatoms. The lowest BCUT2D eigenvalue weighted by Gasteiger charge is -1.99. The summed E-state index contributed by atoms with van der Waals surface area (Å²) in [6.45, 7) is 0. The van der Waals surface area contributed by atoms with Gasteiger partial charge in [0.15, 0.2) is 0 Å². The topological polar surface area (TPSA) is 41.5 Å². The van der Waals surface area contributed by atoms with Gasteiger partial charge in [-0.2, -0.15) is 5.10 Å². The van der Waals surface area contributed by atoms with Crippen molar-refractivity contribution in [1.29, 1.82) is 0 Å². The number of hydrogen-bond acceptors (Lipinski definition) is 2. The quantitative estimate of drug-likeness (QED) is 0.670. The highest BCUT2D eigenvalue weighted by molar-refractivity contribution is 9.10. The summed E-state index contributed by atoms with van der Waals surface area (Å²) >= 11 is 9.15. The van der Waals surface area contributed by atoms with Crippen molar-refractivity contribution >= 4 is 39.7 Å². The molecule has 2 aromatic rings. The smallest absolute Gasteiger partial charge is 0.267 e. The number of halogens is 2. The lowest BCUT2D eigenvalue weighted by molar-refractivity contribution is 0.0955. The van der Waals surface area contributed by atoms with Gasteiger partial charge in [-0.1, -0.05) is 39.7 Å². The van der Waals surface area contributed by atoms with Gasteiger partial charge >= 0.3 is 0 Å². The molecule has 2 aromatic carbocycles. The molecule has 19 heavy (non-hydrogen) atoms. The third-order valence-electron chi connectivity index (χ3n) is 2.33. The highest BCUT2D eigenvalue weighted by atomic mass is 79.9. The van der Waals surface area contributed by atoms with E-state index in [2.05, 4.69) is 26.5 Å². The van der Waals surface area contributed by atoms with Crippen LogP contribution in [0.15, 0.2) is 58.1 Å². The molecule has 0 heterocycles. The van der Waals surface area contributed by atoms with Gasteiger partial charge in [-0.3, -0.25) is 4.79 Å². The first kappa shape index (κ1) is 13.8. The molecule has 96 valence electrons. The Bertz CT molecular complexity index is 611. The molecular formula is C14H10BrClN2O. The molecule has 0 saturated heterocycles. The SMILES string of the molecule is O=C(NN=Cc1cccc(Cl)c1)c1ccc(Br)cc1. The minimum absolute atomic E-state index is 0.259. The highest BCUT2D eigenvalue weighted by Crippen LogP contribution is 2.10. The second-order valence-electron chi connectivity index (χ2n) is 3.76. The van der Waals surface area contributed by atoms with E-state index in [0.29, 0.717) is 10.6 Å². The van der Waals surface area contributed by atoms with Crippen LogP contribution in [0, 0.1) is 0 Å². The molecule has 0 saturated carbocycles. The number of nitrogens with zero attached hydrogens (tertiary/aromatic N) is 1. The molecular weight excluding hydrogens is 328 g/mol. The van der Waals surface area contributed by atoms with Gasteiger partial charge in [0.1, 0.15) is 0 Å². The van der Waals surface area contributed by atoms with Gasteiger partial charge in [0, 0.05) is 15.1 Å². The molecule has 3 nitrogen and oxygen atoms in total. The third-order valence-corrected chi connectivity index (χ3v) is 3.10. The van der Waals surface area contributed by atoms with Crippen LogP contribution in [0.4, 0.5) is 0 Å². The fourth-order valence-corrected chi connectivity index (χ4v) is 1.88. The summed E-state index contributed by atoms with van der Waals surface area (Å²) in [5, 5.41) is 4.51.